The molecule has 148 valence electrons. The molecule has 8 nitrogen and oxygen atoms in total. The van der Waals surface area contributed by atoms with Crippen LogP contribution in [0.4, 0.5) is 11.4 Å². The monoisotopic (exact) mass is 385 g/mol. The number of nitrogens with zero attached hydrogens (tertiary/aromatic N) is 2. The second-order valence-electron chi connectivity index (χ2n) is 6.51. The fourth-order valence-corrected chi connectivity index (χ4v) is 3.50. The van der Waals surface area contributed by atoms with Gasteiger partial charge in [0.1, 0.15) is 11.5 Å². The molecule has 1 atom stereocenters. The molecule has 0 aliphatic carbocycles. The molecule has 1 saturated heterocycles. The van der Waals surface area contributed by atoms with E-state index in [1.807, 2.05) is 23.1 Å². The van der Waals surface area contributed by atoms with Crippen molar-refractivity contribution in [2.45, 2.75) is 18.9 Å². The fourth-order valence-electron chi connectivity index (χ4n) is 3.50. The first-order valence-electron chi connectivity index (χ1n) is 9.03. The molecule has 1 aliphatic rings. The van der Waals surface area contributed by atoms with Crippen LogP contribution in [-0.2, 0) is 4.79 Å². The molecule has 8 heteroatoms. The maximum Gasteiger partial charge on any atom is 0.271 e. The summed E-state index contributed by atoms with van der Waals surface area (Å²) in [6.45, 7) is 0.713. The predicted molar refractivity (Wildman–Crippen MR) is 105 cm³/mol. The van der Waals surface area contributed by atoms with E-state index in [0.717, 1.165) is 24.2 Å². The van der Waals surface area contributed by atoms with Gasteiger partial charge in [-0.1, -0.05) is 6.07 Å². The summed E-state index contributed by atoms with van der Waals surface area (Å²) in [5, 5.41) is 13.9. The zero-order valence-corrected chi connectivity index (χ0v) is 15.9. The van der Waals surface area contributed by atoms with E-state index < -0.39 is 4.92 Å². The number of carbonyl (C=O) groups excluding carboxylic acids is 1. The molecule has 2 aromatic carbocycles. The van der Waals surface area contributed by atoms with Gasteiger partial charge in [0.05, 0.1) is 31.7 Å². The molecule has 0 spiro atoms. The number of anilines is 1. The van der Waals surface area contributed by atoms with Crippen molar-refractivity contribution in [2.75, 3.05) is 32.6 Å². The molecule has 0 bridgehead atoms. The average molecular weight is 385 g/mol. The van der Waals surface area contributed by atoms with E-state index in [4.69, 9.17) is 9.47 Å². The molecule has 1 amide bonds. The van der Waals surface area contributed by atoms with E-state index >= 15 is 0 Å². The second kappa shape index (κ2) is 8.60. The summed E-state index contributed by atoms with van der Waals surface area (Å²) in [5.74, 6) is 1.36. The lowest BCUT2D eigenvalue weighted by Crippen LogP contribution is -2.35. The van der Waals surface area contributed by atoms with E-state index in [0.29, 0.717) is 18.0 Å². The van der Waals surface area contributed by atoms with Gasteiger partial charge in [0.15, 0.2) is 0 Å². The smallest absolute Gasteiger partial charge is 0.271 e. The number of hydrogen-bond donors (Lipinski definition) is 1. The lowest BCUT2D eigenvalue weighted by Gasteiger charge is -2.27. The Balaban J connectivity index is 1.73. The Bertz CT molecular complexity index is 871. The van der Waals surface area contributed by atoms with Gasteiger partial charge in [-0.15, -0.1) is 0 Å². The Hall–Kier alpha value is -3.29. The molecule has 0 saturated carbocycles. The molecule has 3 rings (SSSR count). The summed E-state index contributed by atoms with van der Waals surface area (Å²) in [6, 6.07) is 11.6. The van der Waals surface area contributed by atoms with Crippen LogP contribution < -0.4 is 14.8 Å². The number of ether oxygens (including phenoxy) is 2. The molecule has 28 heavy (non-hydrogen) atoms. The first-order chi connectivity index (χ1) is 13.5. The minimum absolute atomic E-state index is 0.0161. The van der Waals surface area contributed by atoms with E-state index in [1.54, 1.807) is 26.4 Å². The summed E-state index contributed by atoms with van der Waals surface area (Å²) in [5.41, 5.74) is 1.44. The molecule has 0 unspecified atom stereocenters. The van der Waals surface area contributed by atoms with Crippen LogP contribution in [0.15, 0.2) is 42.5 Å². The van der Waals surface area contributed by atoms with Gasteiger partial charge in [0.25, 0.3) is 5.69 Å². The normalized spacial score (nSPS) is 15.9. The number of nitro groups is 1. The Morgan fingerprint density at radius 1 is 1.25 bits per heavy atom. The van der Waals surface area contributed by atoms with Gasteiger partial charge in [0, 0.05) is 29.9 Å². The second-order valence-corrected chi connectivity index (χ2v) is 6.51. The number of benzene rings is 2. The van der Waals surface area contributed by atoms with Gasteiger partial charge >= 0.3 is 0 Å². The number of nitrogens with one attached hydrogen (secondary N) is 1. The number of rotatable bonds is 7. The van der Waals surface area contributed by atoms with Gasteiger partial charge in [0.2, 0.25) is 5.91 Å². The number of carbonyl (C=O) groups is 1. The fraction of sp³-hybridized carbons (Fsp3) is 0.350. The molecule has 1 aliphatic heterocycles. The van der Waals surface area contributed by atoms with E-state index in [2.05, 4.69) is 5.32 Å². The standard InChI is InChI=1S/C20H23N3O5/c1-27-16-8-9-19(28-2)17(12-16)18-7-4-10-22(18)20(24)13-21-14-5-3-6-15(11-14)23(25)26/h3,5-6,8-9,11-12,18,21H,4,7,10,13H2,1-2H3/t18-/m0/s1. The van der Waals surface area contributed by atoms with Crippen molar-refractivity contribution in [3.8, 4) is 11.5 Å². The zero-order chi connectivity index (χ0) is 20.1. The highest BCUT2D eigenvalue weighted by atomic mass is 16.6. The molecule has 1 heterocycles. The number of non-ortho nitro benzene ring substituents is 1. The van der Waals surface area contributed by atoms with E-state index in [-0.39, 0.29) is 24.2 Å². The third-order valence-electron chi connectivity index (χ3n) is 4.87. The summed E-state index contributed by atoms with van der Waals surface area (Å²) >= 11 is 0. The van der Waals surface area contributed by atoms with Crippen LogP contribution in [0, 0.1) is 10.1 Å². The van der Waals surface area contributed by atoms with E-state index in [1.165, 1.54) is 12.1 Å². The van der Waals surface area contributed by atoms with Crippen molar-refractivity contribution < 1.29 is 19.2 Å². The molecule has 2 aromatic rings. The predicted octanol–water partition coefficient (Wildman–Crippen LogP) is 3.39. The third kappa shape index (κ3) is 4.16. The Morgan fingerprint density at radius 3 is 2.79 bits per heavy atom. The highest BCUT2D eigenvalue weighted by Crippen LogP contribution is 2.38. The minimum Gasteiger partial charge on any atom is -0.497 e. The molecular formula is C20H23N3O5. The van der Waals surface area contributed by atoms with Gasteiger partial charge in [-0.25, -0.2) is 0 Å². The highest BCUT2D eigenvalue weighted by Gasteiger charge is 2.32. The van der Waals surface area contributed by atoms with Crippen molar-refractivity contribution in [1.29, 1.82) is 0 Å². The lowest BCUT2D eigenvalue weighted by molar-refractivity contribution is -0.384. The number of likely N-dealkylation sites (tertiary alicyclic amines) is 1. The van der Waals surface area contributed by atoms with Crippen molar-refractivity contribution in [1.82, 2.24) is 4.90 Å². The SMILES string of the molecule is COc1ccc(OC)c([C@@H]2CCCN2C(=O)CNc2cccc([N+](=O)[O-])c2)c1. The van der Waals surface area contributed by atoms with Crippen LogP contribution in [0.5, 0.6) is 11.5 Å². The van der Waals surface area contributed by atoms with Crippen LogP contribution in [0.25, 0.3) is 0 Å². The van der Waals surface area contributed by atoms with Gasteiger partial charge < -0.3 is 19.7 Å². The van der Waals surface area contributed by atoms with Crippen molar-refractivity contribution in [3.05, 3.63) is 58.1 Å². The molecule has 1 fully saturated rings. The summed E-state index contributed by atoms with van der Waals surface area (Å²) in [6.07, 6.45) is 1.74. The van der Waals surface area contributed by atoms with Crippen LogP contribution in [-0.4, -0.2) is 43.0 Å². The minimum atomic E-state index is -0.460. The summed E-state index contributed by atoms with van der Waals surface area (Å²) in [4.78, 5) is 25.1. The summed E-state index contributed by atoms with van der Waals surface area (Å²) in [7, 11) is 3.21. The first-order valence-corrected chi connectivity index (χ1v) is 9.03. The van der Waals surface area contributed by atoms with Gasteiger partial charge in [-0.2, -0.15) is 0 Å². The number of amides is 1. The maximum absolute atomic E-state index is 12.8. The number of methoxy groups -OCH3 is 2. The largest absolute Gasteiger partial charge is 0.497 e. The lowest BCUT2D eigenvalue weighted by atomic mass is 10.0. The maximum atomic E-state index is 12.8. The topological polar surface area (TPSA) is 93.9 Å². The molecular weight excluding hydrogens is 362 g/mol. The number of hydrogen-bond acceptors (Lipinski definition) is 6. The number of nitro benzene ring substituents is 1. The Morgan fingerprint density at radius 2 is 2.07 bits per heavy atom. The third-order valence-corrected chi connectivity index (χ3v) is 4.87. The quantitative estimate of drug-likeness (QED) is 0.580. The van der Waals surface area contributed by atoms with Crippen LogP contribution in [0.1, 0.15) is 24.4 Å². The highest BCUT2D eigenvalue weighted by molar-refractivity contribution is 5.82. The van der Waals surface area contributed by atoms with Crippen molar-refractivity contribution in [2.24, 2.45) is 0 Å². The van der Waals surface area contributed by atoms with E-state index in [9.17, 15) is 14.9 Å². The van der Waals surface area contributed by atoms with Crippen LogP contribution >= 0.6 is 0 Å². The van der Waals surface area contributed by atoms with Crippen molar-refractivity contribution >= 4 is 17.3 Å². The van der Waals surface area contributed by atoms with Crippen LogP contribution in [0.2, 0.25) is 0 Å². The van der Waals surface area contributed by atoms with Gasteiger partial charge in [-0.05, 0) is 37.1 Å². The Labute approximate surface area is 163 Å². The average Bonchev–Trinajstić information content (AvgIpc) is 3.21. The Kier molecular flexibility index (Phi) is 5.98. The van der Waals surface area contributed by atoms with Crippen molar-refractivity contribution in [3.63, 3.8) is 0 Å². The first kappa shape index (κ1) is 19.5. The molecule has 0 radical (unpaired) electrons. The summed E-state index contributed by atoms with van der Waals surface area (Å²) < 4.78 is 10.8. The molecule has 1 N–H and O–H groups in total. The van der Waals surface area contributed by atoms with Crippen LogP contribution in [0.3, 0.4) is 0 Å². The zero-order valence-electron chi connectivity index (χ0n) is 15.9. The van der Waals surface area contributed by atoms with Gasteiger partial charge in [-0.3, -0.25) is 14.9 Å². The molecule has 0 aromatic heterocycles.